The molecule has 1 fully saturated rings. The molecule has 2 aromatic carbocycles. The monoisotopic (exact) mass is 419 g/mol. The summed E-state index contributed by atoms with van der Waals surface area (Å²) in [7, 11) is 3.27. The lowest BCUT2D eigenvalue weighted by molar-refractivity contribution is -0.126. The third-order valence-corrected chi connectivity index (χ3v) is 5.94. The average Bonchev–Trinajstić information content (AvgIpc) is 2.73. The fourth-order valence-electron chi connectivity index (χ4n) is 4.19. The van der Waals surface area contributed by atoms with E-state index in [4.69, 9.17) is 4.74 Å². The van der Waals surface area contributed by atoms with Gasteiger partial charge < -0.3 is 10.1 Å². The summed E-state index contributed by atoms with van der Waals surface area (Å²) in [5, 5.41) is 2.79. The number of hydrogen-bond acceptors (Lipinski definition) is 2. The first-order chi connectivity index (χ1) is 13.9. The Labute approximate surface area is 173 Å². The summed E-state index contributed by atoms with van der Waals surface area (Å²) in [6.07, 6.45) is 4.11. The lowest BCUT2D eigenvalue weighted by Crippen LogP contribution is -2.33. The van der Waals surface area contributed by atoms with Crippen LogP contribution in [-0.2, 0) is 28.4 Å². The predicted octanol–water partition coefficient (Wildman–Crippen LogP) is 5.35. The largest absolute Gasteiger partial charge is 0.372 e. The summed E-state index contributed by atoms with van der Waals surface area (Å²) in [6.45, 7) is 0.455. The molecule has 0 heterocycles. The molecular formula is C23H28F2NO2P. The molecule has 0 aliphatic heterocycles. The first-order valence-electron chi connectivity index (χ1n) is 10.0. The number of amides is 1. The summed E-state index contributed by atoms with van der Waals surface area (Å²) in [5.41, 5.74) is -0.393. The molecule has 0 spiro atoms. The van der Waals surface area contributed by atoms with E-state index in [0.29, 0.717) is 12.2 Å². The second-order valence-corrected chi connectivity index (χ2v) is 8.35. The number of halogens is 2. The average molecular weight is 419 g/mol. The topological polar surface area (TPSA) is 38.3 Å². The zero-order valence-corrected chi connectivity index (χ0v) is 17.8. The van der Waals surface area contributed by atoms with Crippen LogP contribution >= 0.6 is 9.24 Å². The minimum absolute atomic E-state index is 0.00100. The highest BCUT2D eigenvalue weighted by molar-refractivity contribution is 7.17. The van der Waals surface area contributed by atoms with Crippen LogP contribution in [0.1, 0.15) is 53.9 Å². The third kappa shape index (κ3) is 5.61. The number of benzene rings is 2. The molecule has 0 saturated heterocycles. The van der Waals surface area contributed by atoms with Crippen molar-refractivity contribution in [1.82, 2.24) is 5.32 Å². The molecule has 6 heteroatoms. The SMILES string of the molecule is CNC(=O)C1CCCCC1c1cccc(COCc2ccccc2C(F)(F)P)c1. The molecule has 1 aliphatic carbocycles. The van der Waals surface area contributed by atoms with Gasteiger partial charge in [-0.25, -0.2) is 0 Å². The van der Waals surface area contributed by atoms with Crippen LogP contribution in [0.25, 0.3) is 0 Å². The molecule has 1 aliphatic rings. The van der Waals surface area contributed by atoms with Crippen molar-refractivity contribution in [2.24, 2.45) is 5.92 Å². The van der Waals surface area contributed by atoms with Gasteiger partial charge in [0, 0.05) is 18.5 Å². The molecule has 1 amide bonds. The Morgan fingerprint density at radius 2 is 1.90 bits per heavy atom. The smallest absolute Gasteiger partial charge is 0.284 e. The molecule has 3 nitrogen and oxygen atoms in total. The van der Waals surface area contributed by atoms with Crippen LogP contribution in [0.4, 0.5) is 8.78 Å². The predicted molar refractivity (Wildman–Crippen MR) is 114 cm³/mol. The van der Waals surface area contributed by atoms with Gasteiger partial charge >= 0.3 is 0 Å². The Kier molecular flexibility index (Phi) is 7.37. The third-order valence-electron chi connectivity index (χ3n) is 5.63. The van der Waals surface area contributed by atoms with Crippen molar-refractivity contribution in [3.05, 3.63) is 70.8 Å². The van der Waals surface area contributed by atoms with Gasteiger partial charge in [0.25, 0.3) is 5.66 Å². The molecule has 3 atom stereocenters. The van der Waals surface area contributed by atoms with Crippen molar-refractivity contribution in [3.63, 3.8) is 0 Å². The standard InChI is InChI=1S/C23H28F2NO2P/c1-26-22(27)20-11-4-3-10-19(20)17-9-6-7-16(13-17)14-28-15-18-8-2-5-12-21(18)23(24,25)29/h2,5-9,12-13,19-20H,3-4,10-11,14-15,29H2,1H3,(H,26,27). The Hall–Kier alpha value is -1.84. The molecule has 0 radical (unpaired) electrons. The van der Waals surface area contributed by atoms with Gasteiger partial charge in [-0.05, 0) is 35.4 Å². The number of ether oxygens (including phenoxy) is 1. The maximum absolute atomic E-state index is 13.7. The van der Waals surface area contributed by atoms with Crippen molar-refractivity contribution in [3.8, 4) is 0 Å². The fourth-order valence-corrected chi connectivity index (χ4v) is 4.47. The zero-order chi connectivity index (χ0) is 20.9. The van der Waals surface area contributed by atoms with Crippen LogP contribution in [0.5, 0.6) is 0 Å². The van der Waals surface area contributed by atoms with Crippen LogP contribution in [0, 0.1) is 5.92 Å². The second-order valence-electron chi connectivity index (χ2n) is 7.63. The molecule has 0 bridgehead atoms. The molecule has 1 saturated carbocycles. The minimum Gasteiger partial charge on any atom is -0.372 e. The molecule has 1 N–H and O–H groups in total. The number of hydrogen-bond donors (Lipinski definition) is 1. The summed E-state index contributed by atoms with van der Waals surface area (Å²) in [6, 6.07) is 14.5. The molecule has 0 aromatic heterocycles. The van der Waals surface area contributed by atoms with Crippen molar-refractivity contribution >= 4 is 15.1 Å². The Balaban J connectivity index is 1.67. The summed E-state index contributed by atoms with van der Waals surface area (Å²) in [4.78, 5) is 12.3. The van der Waals surface area contributed by atoms with Gasteiger partial charge in [-0.3, -0.25) is 4.79 Å². The Bertz CT molecular complexity index is 838. The van der Waals surface area contributed by atoms with Gasteiger partial charge in [0.2, 0.25) is 5.91 Å². The van der Waals surface area contributed by atoms with Gasteiger partial charge in [-0.1, -0.05) is 70.6 Å². The van der Waals surface area contributed by atoms with Crippen LogP contribution in [0.2, 0.25) is 0 Å². The maximum Gasteiger partial charge on any atom is 0.284 e. The molecule has 3 rings (SSSR count). The first kappa shape index (κ1) is 21.9. The van der Waals surface area contributed by atoms with Gasteiger partial charge in [0.05, 0.1) is 13.2 Å². The fraction of sp³-hybridized carbons (Fsp3) is 0.435. The molecular weight excluding hydrogens is 391 g/mol. The molecule has 156 valence electrons. The lowest BCUT2D eigenvalue weighted by Gasteiger charge is -2.30. The van der Waals surface area contributed by atoms with Crippen molar-refractivity contribution < 1.29 is 18.3 Å². The Morgan fingerprint density at radius 1 is 1.14 bits per heavy atom. The van der Waals surface area contributed by atoms with Gasteiger partial charge in [0.15, 0.2) is 0 Å². The number of carbonyl (C=O) groups is 1. The van der Waals surface area contributed by atoms with Crippen molar-refractivity contribution in [2.75, 3.05) is 7.05 Å². The molecule has 3 unspecified atom stereocenters. The quantitative estimate of drug-likeness (QED) is 0.615. The van der Waals surface area contributed by atoms with E-state index in [0.717, 1.165) is 36.8 Å². The van der Waals surface area contributed by atoms with Gasteiger partial charge in [0.1, 0.15) is 0 Å². The van der Waals surface area contributed by atoms with E-state index in [2.05, 4.69) is 17.4 Å². The summed E-state index contributed by atoms with van der Waals surface area (Å²) >= 11 is 0. The van der Waals surface area contributed by atoms with Gasteiger partial charge in [-0.2, -0.15) is 8.78 Å². The highest BCUT2D eigenvalue weighted by Crippen LogP contribution is 2.39. The zero-order valence-electron chi connectivity index (χ0n) is 16.7. The van der Waals surface area contributed by atoms with Crippen LogP contribution in [-0.4, -0.2) is 13.0 Å². The minimum atomic E-state index is -2.98. The van der Waals surface area contributed by atoms with E-state index in [9.17, 15) is 13.6 Å². The van der Waals surface area contributed by atoms with E-state index in [1.807, 2.05) is 12.1 Å². The van der Waals surface area contributed by atoms with E-state index in [-0.39, 0.29) is 29.9 Å². The van der Waals surface area contributed by atoms with Crippen LogP contribution < -0.4 is 5.32 Å². The van der Waals surface area contributed by atoms with E-state index in [1.165, 1.54) is 6.07 Å². The number of carbonyl (C=O) groups excluding carboxylic acids is 1. The number of alkyl halides is 2. The highest BCUT2D eigenvalue weighted by Gasteiger charge is 2.31. The van der Waals surface area contributed by atoms with Crippen molar-refractivity contribution in [2.45, 2.75) is 50.5 Å². The van der Waals surface area contributed by atoms with E-state index >= 15 is 0 Å². The first-order valence-corrected chi connectivity index (χ1v) is 10.6. The summed E-state index contributed by atoms with van der Waals surface area (Å²) in [5.74, 6) is 0.313. The number of rotatable bonds is 7. The van der Waals surface area contributed by atoms with Crippen LogP contribution in [0.15, 0.2) is 48.5 Å². The lowest BCUT2D eigenvalue weighted by atomic mass is 9.75. The van der Waals surface area contributed by atoms with Crippen LogP contribution in [0.3, 0.4) is 0 Å². The molecule has 2 aromatic rings. The number of nitrogens with one attached hydrogen (secondary N) is 1. The van der Waals surface area contributed by atoms with E-state index in [1.54, 1.807) is 34.5 Å². The second kappa shape index (κ2) is 9.77. The normalized spacial score (nSPS) is 19.7. The van der Waals surface area contributed by atoms with Crippen molar-refractivity contribution in [1.29, 1.82) is 0 Å². The summed E-state index contributed by atoms with van der Waals surface area (Å²) < 4.78 is 33.2. The van der Waals surface area contributed by atoms with E-state index < -0.39 is 5.66 Å². The Morgan fingerprint density at radius 3 is 2.66 bits per heavy atom. The van der Waals surface area contributed by atoms with Gasteiger partial charge in [-0.15, -0.1) is 0 Å². The highest BCUT2D eigenvalue weighted by atomic mass is 31.0. The maximum atomic E-state index is 13.7. The molecule has 29 heavy (non-hydrogen) atoms.